The van der Waals surface area contributed by atoms with Gasteiger partial charge in [0.2, 0.25) is 0 Å². The first-order valence-corrected chi connectivity index (χ1v) is 5.85. The molecule has 0 aliphatic carbocycles. The molecule has 0 fully saturated rings. The minimum atomic E-state index is 0.248. The van der Waals surface area contributed by atoms with Crippen molar-refractivity contribution in [2.45, 2.75) is 39.7 Å². The van der Waals surface area contributed by atoms with Crippen molar-refractivity contribution in [1.29, 1.82) is 0 Å². The van der Waals surface area contributed by atoms with Crippen LogP contribution in [0.15, 0.2) is 0 Å². The summed E-state index contributed by atoms with van der Waals surface area (Å²) in [6.07, 6.45) is 2.02. The fraction of sp³-hybridized carbons (Fsp3) is 0.800. The average Bonchev–Trinajstić information content (AvgIpc) is 2.57. The Morgan fingerprint density at radius 2 is 2.27 bits per heavy atom. The van der Waals surface area contributed by atoms with Crippen LogP contribution >= 0.6 is 12.2 Å². The fourth-order valence-corrected chi connectivity index (χ4v) is 1.89. The van der Waals surface area contributed by atoms with E-state index in [1.165, 1.54) is 0 Å². The molecule has 0 aliphatic rings. The van der Waals surface area contributed by atoms with Gasteiger partial charge in [-0.1, -0.05) is 6.92 Å². The molecule has 0 aromatic carbocycles. The summed E-state index contributed by atoms with van der Waals surface area (Å²) >= 11 is 5.20. The molecule has 0 bridgehead atoms. The molecule has 1 heterocycles. The van der Waals surface area contributed by atoms with Crippen LogP contribution in [0.2, 0.25) is 0 Å². The lowest BCUT2D eigenvalue weighted by molar-refractivity contribution is 0.117. The first kappa shape index (κ1) is 12.4. The van der Waals surface area contributed by atoms with Crippen molar-refractivity contribution in [3.05, 3.63) is 10.6 Å². The molecule has 0 amide bonds. The van der Waals surface area contributed by atoms with E-state index in [4.69, 9.17) is 17.0 Å². The largest absolute Gasteiger partial charge is 0.380 e. The summed E-state index contributed by atoms with van der Waals surface area (Å²) < 4.78 is 8.13. The molecular formula is C10H19N3OS. The lowest BCUT2D eigenvalue weighted by atomic mass is 10.3. The molecule has 1 rings (SSSR count). The van der Waals surface area contributed by atoms with Crippen LogP contribution in [0.4, 0.5) is 0 Å². The van der Waals surface area contributed by atoms with Crippen molar-refractivity contribution in [3.8, 4) is 0 Å². The zero-order chi connectivity index (χ0) is 11.3. The summed E-state index contributed by atoms with van der Waals surface area (Å²) in [5.74, 6) is 1.02. The summed E-state index contributed by atoms with van der Waals surface area (Å²) in [4.78, 5) is 0. The Bertz CT molecular complexity index is 345. The minimum absolute atomic E-state index is 0.248. The van der Waals surface area contributed by atoms with Crippen molar-refractivity contribution in [2.24, 2.45) is 0 Å². The second kappa shape index (κ2) is 6.02. The number of aromatic nitrogens is 3. The number of nitrogens with zero attached hydrogens (tertiary/aromatic N) is 2. The van der Waals surface area contributed by atoms with E-state index < -0.39 is 0 Å². The zero-order valence-electron chi connectivity index (χ0n) is 9.62. The molecular weight excluding hydrogens is 210 g/mol. The van der Waals surface area contributed by atoms with Crippen LogP contribution in [-0.2, 0) is 11.2 Å². The second-order valence-corrected chi connectivity index (χ2v) is 3.96. The Labute approximate surface area is 95.7 Å². The van der Waals surface area contributed by atoms with Gasteiger partial charge in [0.1, 0.15) is 5.82 Å². The third-order valence-electron chi connectivity index (χ3n) is 2.26. The highest BCUT2D eigenvalue weighted by Gasteiger charge is 2.11. The highest BCUT2D eigenvalue weighted by Crippen LogP contribution is 2.11. The highest BCUT2D eigenvalue weighted by atomic mass is 32.1. The fourth-order valence-electron chi connectivity index (χ4n) is 1.55. The summed E-state index contributed by atoms with van der Waals surface area (Å²) in [6, 6.07) is 0.248. The van der Waals surface area contributed by atoms with Gasteiger partial charge in [-0.3, -0.25) is 9.67 Å². The van der Waals surface area contributed by atoms with E-state index in [9.17, 15) is 0 Å². The van der Waals surface area contributed by atoms with Gasteiger partial charge in [0.05, 0.1) is 12.6 Å². The van der Waals surface area contributed by atoms with Crippen LogP contribution in [0.1, 0.15) is 39.1 Å². The van der Waals surface area contributed by atoms with Gasteiger partial charge in [0.25, 0.3) is 0 Å². The highest BCUT2D eigenvalue weighted by molar-refractivity contribution is 7.71. The number of H-pyrrole nitrogens is 1. The number of hydrogen-bond acceptors (Lipinski definition) is 3. The lowest BCUT2D eigenvalue weighted by Gasteiger charge is -2.14. The van der Waals surface area contributed by atoms with Crippen LogP contribution < -0.4 is 0 Å². The van der Waals surface area contributed by atoms with Crippen molar-refractivity contribution in [1.82, 2.24) is 14.8 Å². The van der Waals surface area contributed by atoms with Crippen LogP contribution in [0.25, 0.3) is 0 Å². The quantitative estimate of drug-likeness (QED) is 0.762. The summed E-state index contributed by atoms with van der Waals surface area (Å²) in [5.41, 5.74) is 0. The smallest absolute Gasteiger partial charge is 0.195 e. The maximum atomic E-state index is 5.40. The Balaban J connectivity index is 2.80. The Hall–Kier alpha value is -0.680. The van der Waals surface area contributed by atoms with Crippen molar-refractivity contribution >= 4 is 12.2 Å². The molecule has 0 spiro atoms. The zero-order valence-corrected chi connectivity index (χ0v) is 10.4. The molecule has 1 aromatic rings. The van der Waals surface area contributed by atoms with Gasteiger partial charge in [-0.25, -0.2) is 0 Å². The third-order valence-corrected chi connectivity index (χ3v) is 2.54. The minimum Gasteiger partial charge on any atom is -0.380 e. The number of nitrogens with one attached hydrogen (secondary N) is 1. The van der Waals surface area contributed by atoms with E-state index in [-0.39, 0.29) is 6.04 Å². The summed E-state index contributed by atoms with van der Waals surface area (Å²) in [6.45, 7) is 7.64. The normalized spacial score (nSPS) is 13.0. The summed E-state index contributed by atoms with van der Waals surface area (Å²) in [7, 11) is 0. The number of ether oxygens (including phenoxy) is 1. The van der Waals surface area contributed by atoms with Crippen molar-refractivity contribution < 1.29 is 4.74 Å². The Morgan fingerprint density at radius 3 is 2.87 bits per heavy atom. The van der Waals surface area contributed by atoms with E-state index in [0.717, 1.165) is 25.3 Å². The van der Waals surface area contributed by atoms with Crippen molar-refractivity contribution in [3.63, 3.8) is 0 Å². The van der Waals surface area contributed by atoms with E-state index in [0.29, 0.717) is 11.4 Å². The van der Waals surface area contributed by atoms with Crippen LogP contribution in [0.5, 0.6) is 0 Å². The van der Waals surface area contributed by atoms with E-state index >= 15 is 0 Å². The number of hydrogen-bond donors (Lipinski definition) is 1. The second-order valence-electron chi connectivity index (χ2n) is 3.57. The Kier molecular flexibility index (Phi) is 4.98. The molecule has 0 saturated heterocycles. The summed E-state index contributed by atoms with van der Waals surface area (Å²) in [5, 5.41) is 7.06. The molecule has 0 radical (unpaired) electrons. The molecule has 86 valence electrons. The van der Waals surface area contributed by atoms with Gasteiger partial charge >= 0.3 is 0 Å². The maximum absolute atomic E-state index is 5.40. The number of aryl methyl sites for hydroxylation is 1. The SMILES string of the molecule is CCCc1n[nH]c(=S)n1C(C)COCC. The molecule has 15 heavy (non-hydrogen) atoms. The third kappa shape index (κ3) is 3.14. The first-order chi connectivity index (χ1) is 7.20. The van der Waals surface area contributed by atoms with Crippen LogP contribution in [-0.4, -0.2) is 28.0 Å². The number of rotatable bonds is 6. The van der Waals surface area contributed by atoms with E-state index in [1.807, 2.05) is 6.92 Å². The van der Waals surface area contributed by atoms with Gasteiger partial charge in [-0.05, 0) is 32.5 Å². The molecule has 1 atom stereocenters. The topological polar surface area (TPSA) is 42.8 Å². The molecule has 0 aliphatic heterocycles. The average molecular weight is 229 g/mol. The predicted molar refractivity (Wildman–Crippen MR) is 62.6 cm³/mol. The van der Waals surface area contributed by atoms with E-state index in [1.54, 1.807) is 0 Å². The molecule has 1 aromatic heterocycles. The van der Waals surface area contributed by atoms with Crippen LogP contribution in [0.3, 0.4) is 0 Å². The van der Waals surface area contributed by atoms with Crippen molar-refractivity contribution in [2.75, 3.05) is 13.2 Å². The van der Waals surface area contributed by atoms with Gasteiger partial charge < -0.3 is 4.74 Å². The van der Waals surface area contributed by atoms with Gasteiger partial charge in [0, 0.05) is 13.0 Å². The first-order valence-electron chi connectivity index (χ1n) is 5.44. The van der Waals surface area contributed by atoms with Gasteiger partial charge in [0.15, 0.2) is 4.77 Å². The molecule has 0 saturated carbocycles. The lowest BCUT2D eigenvalue weighted by Crippen LogP contribution is -2.15. The van der Waals surface area contributed by atoms with Crippen LogP contribution in [0, 0.1) is 4.77 Å². The molecule has 4 nitrogen and oxygen atoms in total. The standard InChI is InChI=1S/C10H19N3OS/c1-4-6-9-11-12-10(15)13(9)8(3)7-14-5-2/h8H,4-7H2,1-3H3,(H,12,15). The molecule has 1 N–H and O–H groups in total. The molecule has 1 unspecified atom stereocenters. The number of aromatic amines is 1. The maximum Gasteiger partial charge on any atom is 0.195 e. The van der Waals surface area contributed by atoms with Gasteiger partial charge in [-0.2, -0.15) is 5.10 Å². The molecule has 5 heteroatoms. The van der Waals surface area contributed by atoms with E-state index in [2.05, 4.69) is 28.6 Å². The van der Waals surface area contributed by atoms with Gasteiger partial charge in [-0.15, -0.1) is 0 Å². The monoisotopic (exact) mass is 229 g/mol. The Morgan fingerprint density at radius 1 is 1.53 bits per heavy atom. The predicted octanol–water partition coefficient (Wildman–Crippen LogP) is 2.49.